The van der Waals surface area contributed by atoms with Crippen molar-refractivity contribution in [3.63, 3.8) is 0 Å². The van der Waals surface area contributed by atoms with Crippen molar-refractivity contribution in [1.29, 1.82) is 0 Å². The van der Waals surface area contributed by atoms with Gasteiger partial charge in [0.05, 0.1) is 19.1 Å². The van der Waals surface area contributed by atoms with Crippen LogP contribution in [0.5, 0.6) is 0 Å². The van der Waals surface area contributed by atoms with Crippen molar-refractivity contribution < 1.29 is 19.4 Å². The Morgan fingerprint density at radius 2 is 2.14 bits per heavy atom. The van der Waals surface area contributed by atoms with Gasteiger partial charge in [0.15, 0.2) is 0 Å². The van der Waals surface area contributed by atoms with Crippen molar-refractivity contribution in [2.75, 3.05) is 39.4 Å². The number of rotatable bonds is 9. The minimum absolute atomic E-state index is 0. The first-order valence-corrected chi connectivity index (χ1v) is 7.43. The van der Waals surface area contributed by atoms with Gasteiger partial charge in [-0.3, -0.25) is 14.5 Å². The molecule has 1 saturated heterocycles. The maximum atomic E-state index is 11.7. The second-order valence-corrected chi connectivity index (χ2v) is 5.23. The van der Waals surface area contributed by atoms with Crippen LogP contribution < -0.4 is 5.32 Å². The van der Waals surface area contributed by atoms with E-state index >= 15 is 0 Å². The lowest BCUT2D eigenvalue weighted by molar-refractivity contribution is -0.144. The van der Waals surface area contributed by atoms with E-state index in [2.05, 4.69) is 12.2 Å². The lowest BCUT2D eigenvalue weighted by atomic mass is 9.98. The fourth-order valence-corrected chi connectivity index (χ4v) is 2.27. The van der Waals surface area contributed by atoms with E-state index in [9.17, 15) is 9.59 Å². The van der Waals surface area contributed by atoms with Crippen LogP contribution in [0.25, 0.3) is 0 Å². The monoisotopic (exact) mass is 322 g/mol. The van der Waals surface area contributed by atoms with Gasteiger partial charge in [-0.1, -0.05) is 13.3 Å². The van der Waals surface area contributed by atoms with Gasteiger partial charge in [0.2, 0.25) is 5.91 Å². The number of nitrogens with one attached hydrogen (secondary N) is 1. The number of amides is 1. The molecule has 0 spiro atoms. The predicted molar refractivity (Wildman–Crippen MR) is 82.8 cm³/mol. The van der Waals surface area contributed by atoms with Gasteiger partial charge in [-0.15, -0.1) is 12.4 Å². The molecule has 1 atom stereocenters. The zero-order valence-corrected chi connectivity index (χ0v) is 13.5. The molecule has 1 heterocycles. The number of unbranched alkanes of at least 4 members (excludes halogenated alkanes) is 1. The minimum Gasteiger partial charge on any atom is -0.481 e. The number of aliphatic carboxylic acids is 1. The van der Waals surface area contributed by atoms with Crippen LogP contribution in [-0.4, -0.2) is 61.3 Å². The number of piperidine rings is 1. The van der Waals surface area contributed by atoms with Crippen LogP contribution in [0.1, 0.15) is 32.6 Å². The summed E-state index contributed by atoms with van der Waals surface area (Å²) in [6.45, 7) is 5.42. The molecule has 1 aliphatic rings. The second-order valence-electron chi connectivity index (χ2n) is 5.23. The average Bonchev–Trinajstić information content (AvgIpc) is 2.43. The summed E-state index contributed by atoms with van der Waals surface area (Å²) in [7, 11) is 0. The number of carboxylic acid groups (broad SMARTS) is 1. The number of carbonyl (C=O) groups excluding carboxylic acids is 1. The number of likely N-dealkylation sites (tertiary alicyclic amines) is 1. The largest absolute Gasteiger partial charge is 0.481 e. The summed E-state index contributed by atoms with van der Waals surface area (Å²) in [5.74, 6) is -1.16. The van der Waals surface area contributed by atoms with Crippen LogP contribution in [0.15, 0.2) is 0 Å². The van der Waals surface area contributed by atoms with Crippen molar-refractivity contribution >= 4 is 24.3 Å². The standard InChI is InChI=1S/C14H26N2O4.ClH/c1-2-3-8-20-9-6-15-13(17)11-16-7-4-5-12(10-16)14(18)19;/h12H,2-11H2,1H3,(H,15,17)(H,18,19);1H. The molecule has 0 saturated carbocycles. The number of halogens is 1. The SMILES string of the molecule is CCCCOCCNC(=O)CN1CCCC(C(=O)O)C1.Cl. The average molecular weight is 323 g/mol. The molecule has 0 radical (unpaired) electrons. The number of carbonyl (C=O) groups is 2. The Balaban J connectivity index is 0.00000400. The molecule has 124 valence electrons. The summed E-state index contributed by atoms with van der Waals surface area (Å²) in [6.07, 6.45) is 3.69. The molecule has 1 aliphatic heterocycles. The first kappa shape index (κ1) is 20.1. The van der Waals surface area contributed by atoms with Crippen molar-refractivity contribution in [3.05, 3.63) is 0 Å². The van der Waals surface area contributed by atoms with Crippen LogP contribution in [0, 0.1) is 5.92 Å². The van der Waals surface area contributed by atoms with E-state index in [0.717, 1.165) is 32.4 Å². The molecule has 1 rings (SSSR count). The second kappa shape index (κ2) is 11.8. The molecule has 1 fully saturated rings. The Labute approximate surface area is 132 Å². The van der Waals surface area contributed by atoms with Gasteiger partial charge in [-0.25, -0.2) is 0 Å². The van der Waals surface area contributed by atoms with Crippen LogP contribution in [0.3, 0.4) is 0 Å². The normalized spacial score (nSPS) is 18.8. The van der Waals surface area contributed by atoms with Gasteiger partial charge in [-0.2, -0.15) is 0 Å². The van der Waals surface area contributed by atoms with Crippen LogP contribution in [-0.2, 0) is 14.3 Å². The fraction of sp³-hybridized carbons (Fsp3) is 0.857. The quantitative estimate of drug-likeness (QED) is 0.622. The number of ether oxygens (including phenoxy) is 1. The van der Waals surface area contributed by atoms with Crippen LogP contribution in [0.2, 0.25) is 0 Å². The third kappa shape index (κ3) is 8.90. The molecular weight excluding hydrogens is 296 g/mol. The Bertz CT molecular complexity index is 315. The van der Waals surface area contributed by atoms with Crippen molar-refractivity contribution in [2.45, 2.75) is 32.6 Å². The van der Waals surface area contributed by atoms with Crippen LogP contribution in [0.4, 0.5) is 0 Å². The van der Waals surface area contributed by atoms with Gasteiger partial charge in [0, 0.05) is 19.7 Å². The Hall–Kier alpha value is -0.850. The van der Waals surface area contributed by atoms with Gasteiger partial charge < -0.3 is 15.2 Å². The summed E-state index contributed by atoms with van der Waals surface area (Å²) in [5.41, 5.74) is 0. The summed E-state index contributed by atoms with van der Waals surface area (Å²) >= 11 is 0. The molecule has 0 aromatic rings. The summed E-state index contributed by atoms with van der Waals surface area (Å²) < 4.78 is 5.36. The Morgan fingerprint density at radius 1 is 1.38 bits per heavy atom. The van der Waals surface area contributed by atoms with Gasteiger partial charge in [0.1, 0.15) is 0 Å². The number of carboxylic acids is 1. The highest BCUT2D eigenvalue weighted by molar-refractivity contribution is 5.85. The molecule has 1 amide bonds. The topological polar surface area (TPSA) is 78.9 Å². The molecule has 21 heavy (non-hydrogen) atoms. The highest BCUT2D eigenvalue weighted by Gasteiger charge is 2.26. The molecule has 0 aromatic carbocycles. The van der Waals surface area contributed by atoms with E-state index in [1.54, 1.807) is 0 Å². The van der Waals surface area contributed by atoms with E-state index in [4.69, 9.17) is 9.84 Å². The highest BCUT2D eigenvalue weighted by atomic mass is 35.5. The van der Waals surface area contributed by atoms with Crippen LogP contribution >= 0.6 is 12.4 Å². The van der Waals surface area contributed by atoms with Gasteiger partial charge in [0.25, 0.3) is 0 Å². The third-order valence-corrected chi connectivity index (χ3v) is 3.43. The molecule has 2 N–H and O–H groups in total. The smallest absolute Gasteiger partial charge is 0.307 e. The highest BCUT2D eigenvalue weighted by Crippen LogP contribution is 2.15. The summed E-state index contributed by atoms with van der Waals surface area (Å²) in [6, 6.07) is 0. The first-order valence-electron chi connectivity index (χ1n) is 7.43. The van der Waals surface area contributed by atoms with E-state index in [0.29, 0.717) is 26.1 Å². The van der Waals surface area contributed by atoms with Gasteiger partial charge in [-0.05, 0) is 25.8 Å². The summed E-state index contributed by atoms with van der Waals surface area (Å²) in [4.78, 5) is 24.6. The summed E-state index contributed by atoms with van der Waals surface area (Å²) in [5, 5.41) is 11.8. The molecule has 1 unspecified atom stereocenters. The predicted octanol–water partition coefficient (Wildman–Crippen LogP) is 1.14. The molecular formula is C14H27ClN2O4. The number of hydrogen-bond acceptors (Lipinski definition) is 4. The first-order chi connectivity index (χ1) is 9.63. The zero-order valence-electron chi connectivity index (χ0n) is 12.7. The van der Waals surface area contributed by atoms with Crippen molar-refractivity contribution in [3.8, 4) is 0 Å². The van der Waals surface area contributed by atoms with Gasteiger partial charge >= 0.3 is 5.97 Å². The van der Waals surface area contributed by atoms with E-state index < -0.39 is 5.97 Å². The number of hydrogen-bond donors (Lipinski definition) is 2. The van der Waals surface area contributed by atoms with Crippen molar-refractivity contribution in [1.82, 2.24) is 10.2 Å². The Kier molecular flexibility index (Phi) is 11.3. The molecule has 7 heteroatoms. The zero-order chi connectivity index (χ0) is 14.8. The fourth-order valence-electron chi connectivity index (χ4n) is 2.27. The third-order valence-electron chi connectivity index (χ3n) is 3.43. The lowest BCUT2D eigenvalue weighted by Gasteiger charge is -2.29. The molecule has 0 aromatic heterocycles. The maximum absolute atomic E-state index is 11.7. The lowest BCUT2D eigenvalue weighted by Crippen LogP contribution is -2.44. The molecule has 0 aliphatic carbocycles. The Morgan fingerprint density at radius 3 is 2.81 bits per heavy atom. The number of nitrogens with zero attached hydrogens (tertiary/aromatic N) is 1. The van der Waals surface area contributed by atoms with E-state index in [1.165, 1.54) is 0 Å². The van der Waals surface area contributed by atoms with Crippen molar-refractivity contribution in [2.24, 2.45) is 5.92 Å². The maximum Gasteiger partial charge on any atom is 0.307 e. The molecule has 6 nitrogen and oxygen atoms in total. The van der Waals surface area contributed by atoms with E-state index in [1.807, 2.05) is 4.90 Å². The van der Waals surface area contributed by atoms with E-state index in [-0.39, 0.29) is 30.8 Å². The minimum atomic E-state index is -0.764. The molecule has 0 bridgehead atoms.